The number of rotatable bonds is 11. The minimum atomic E-state index is -1.12. The molecule has 272 valence electrons. The zero-order valence-corrected chi connectivity index (χ0v) is 29.5. The SMILES string of the molecule is NC(Cc1cn(C(=O)/C=C/c2cn(-c3ccccc3)nc2-c2c(-n3cc(CC(N)C(=O)O)c4ccccc43)ccc3ccccc23)c2ccccc12)C(=O)O. The molecule has 0 aliphatic heterocycles. The van der Waals surface area contributed by atoms with E-state index in [1.807, 2.05) is 128 Å². The van der Waals surface area contributed by atoms with Crippen LogP contribution in [0.4, 0.5) is 0 Å². The number of aliphatic carboxylic acids is 2. The molecular weight excluding hydrogens is 693 g/mol. The molecule has 3 aromatic heterocycles. The molecule has 0 spiro atoms. The first-order valence-electron chi connectivity index (χ1n) is 17.7. The van der Waals surface area contributed by atoms with Crippen molar-refractivity contribution in [2.24, 2.45) is 11.5 Å². The summed E-state index contributed by atoms with van der Waals surface area (Å²) >= 11 is 0. The van der Waals surface area contributed by atoms with E-state index in [0.717, 1.165) is 49.6 Å². The minimum absolute atomic E-state index is 0.0652. The van der Waals surface area contributed by atoms with Crippen molar-refractivity contribution in [3.8, 4) is 22.6 Å². The van der Waals surface area contributed by atoms with Gasteiger partial charge in [0.05, 0.1) is 22.4 Å². The van der Waals surface area contributed by atoms with Gasteiger partial charge in [0.25, 0.3) is 5.91 Å². The summed E-state index contributed by atoms with van der Waals surface area (Å²) in [5.41, 5.74) is 18.6. The maximum atomic E-state index is 14.0. The van der Waals surface area contributed by atoms with Gasteiger partial charge in [-0.1, -0.05) is 84.9 Å². The van der Waals surface area contributed by atoms with Gasteiger partial charge in [-0.3, -0.25) is 19.0 Å². The van der Waals surface area contributed by atoms with Crippen molar-refractivity contribution in [2.45, 2.75) is 24.9 Å². The van der Waals surface area contributed by atoms with Gasteiger partial charge in [0.15, 0.2) is 0 Å². The number of carbonyl (C=O) groups is 3. The van der Waals surface area contributed by atoms with Crippen LogP contribution in [0.1, 0.15) is 21.5 Å². The fraction of sp³-hybridized carbons (Fsp3) is 0.0909. The number of carboxylic acid groups (broad SMARTS) is 2. The van der Waals surface area contributed by atoms with Gasteiger partial charge in [-0.05, 0) is 58.3 Å². The average molecular weight is 729 g/mol. The quantitative estimate of drug-likeness (QED) is 0.105. The Balaban J connectivity index is 1.31. The molecule has 8 aromatic rings. The summed E-state index contributed by atoms with van der Waals surface area (Å²) < 4.78 is 5.35. The van der Waals surface area contributed by atoms with Crippen molar-refractivity contribution >= 4 is 56.5 Å². The highest BCUT2D eigenvalue weighted by Crippen LogP contribution is 2.39. The molecule has 55 heavy (non-hydrogen) atoms. The molecule has 0 fully saturated rings. The van der Waals surface area contributed by atoms with Crippen molar-refractivity contribution < 1.29 is 24.6 Å². The van der Waals surface area contributed by atoms with E-state index in [-0.39, 0.29) is 18.7 Å². The first-order valence-corrected chi connectivity index (χ1v) is 17.7. The highest BCUT2D eigenvalue weighted by molar-refractivity contribution is 6.05. The number of hydrogen-bond acceptors (Lipinski definition) is 6. The molecule has 0 aliphatic rings. The minimum Gasteiger partial charge on any atom is -0.480 e. The van der Waals surface area contributed by atoms with Crippen LogP contribution in [-0.2, 0) is 22.4 Å². The van der Waals surface area contributed by atoms with E-state index in [0.29, 0.717) is 22.3 Å². The van der Waals surface area contributed by atoms with Crippen LogP contribution in [0.5, 0.6) is 0 Å². The van der Waals surface area contributed by atoms with E-state index < -0.39 is 24.0 Å². The van der Waals surface area contributed by atoms with Gasteiger partial charge >= 0.3 is 11.9 Å². The Morgan fingerprint density at radius 2 is 1.24 bits per heavy atom. The van der Waals surface area contributed by atoms with Crippen LogP contribution in [0.3, 0.4) is 0 Å². The van der Waals surface area contributed by atoms with E-state index in [2.05, 4.69) is 4.57 Å². The summed E-state index contributed by atoms with van der Waals surface area (Å²) in [6, 6.07) is 34.7. The van der Waals surface area contributed by atoms with Crippen LogP contribution in [0.15, 0.2) is 140 Å². The van der Waals surface area contributed by atoms with Crippen LogP contribution in [0.25, 0.3) is 61.3 Å². The molecule has 0 bridgehead atoms. The normalized spacial score (nSPS) is 12.8. The lowest BCUT2D eigenvalue weighted by Crippen LogP contribution is -2.32. The lowest BCUT2D eigenvalue weighted by Gasteiger charge is -2.15. The molecule has 0 saturated heterocycles. The zero-order chi connectivity index (χ0) is 38.2. The second kappa shape index (κ2) is 14.4. The molecule has 2 atom stereocenters. The Morgan fingerprint density at radius 1 is 0.655 bits per heavy atom. The van der Waals surface area contributed by atoms with Gasteiger partial charge in [0.1, 0.15) is 17.8 Å². The summed E-state index contributed by atoms with van der Waals surface area (Å²) in [5.74, 6) is -2.53. The number of allylic oxidation sites excluding steroid dienone is 1. The highest BCUT2D eigenvalue weighted by Gasteiger charge is 2.23. The molecule has 8 rings (SSSR count). The predicted molar refractivity (Wildman–Crippen MR) is 214 cm³/mol. The third kappa shape index (κ3) is 6.58. The molecule has 6 N–H and O–H groups in total. The number of hydrogen-bond donors (Lipinski definition) is 4. The Bertz CT molecular complexity index is 2790. The van der Waals surface area contributed by atoms with Gasteiger partial charge in [-0.25, -0.2) is 4.68 Å². The topological polar surface area (TPSA) is 171 Å². The molecule has 0 amide bonds. The van der Waals surface area contributed by atoms with E-state index >= 15 is 0 Å². The number of carboxylic acids is 2. The maximum Gasteiger partial charge on any atom is 0.320 e. The maximum absolute atomic E-state index is 14.0. The summed E-state index contributed by atoms with van der Waals surface area (Å²) in [6.45, 7) is 0. The smallest absolute Gasteiger partial charge is 0.320 e. The molecule has 3 heterocycles. The molecule has 2 unspecified atom stereocenters. The largest absolute Gasteiger partial charge is 0.480 e. The van der Waals surface area contributed by atoms with Crippen LogP contribution in [0, 0.1) is 0 Å². The third-order valence-electron chi connectivity index (χ3n) is 9.91. The number of benzene rings is 5. The van der Waals surface area contributed by atoms with Crippen molar-refractivity contribution in [2.75, 3.05) is 0 Å². The van der Waals surface area contributed by atoms with Crippen LogP contribution < -0.4 is 11.5 Å². The van der Waals surface area contributed by atoms with Gasteiger partial charge < -0.3 is 26.2 Å². The highest BCUT2D eigenvalue weighted by atomic mass is 16.4. The van der Waals surface area contributed by atoms with Crippen molar-refractivity contribution in [3.63, 3.8) is 0 Å². The third-order valence-corrected chi connectivity index (χ3v) is 9.91. The Kier molecular flexibility index (Phi) is 9.15. The van der Waals surface area contributed by atoms with Crippen LogP contribution >= 0.6 is 0 Å². The molecule has 0 aliphatic carbocycles. The second-order valence-electron chi connectivity index (χ2n) is 13.4. The lowest BCUT2D eigenvalue weighted by molar-refractivity contribution is -0.139. The first-order chi connectivity index (χ1) is 26.7. The monoisotopic (exact) mass is 728 g/mol. The Morgan fingerprint density at radius 3 is 1.93 bits per heavy atom. The number of aromatic nitrogens is 4. The predicted octanol–water partition coefficient (Wildman–Crippen LogP) is 6.85. The van der Waals surface area contributed by atoms with Crippen molar-refractivity contribution in [3.05, 3.63) is 157 Å². The molecular formula is C44H36N6O5. The van der Waals surface area contributed by atoms with E-state index in [1.54, 1.807) is 17.0 Å². The summed E-state index contributed by atoms with van der Waals surface area (Å²) in [7, 11) is 0. The number of carbonyl (C=O) groups excluding carboxylic acids is 1. The Labute approximate surface area is 314 Å². The van der Waals surface area contributed by atoms with E-state index in [1.165, 1.54) is 10.6 Å². The standard InChI is InChI=1S/C44H36N6O5/c45-35(43(52)53)22-29-24-48(37-16-8-6-13-32(29)37)39-20-18-27-10-4-5-15-34(27)41(39)42-28(26-50(47-42)31-11-2-1-3-12-31)19-21-40(51)49-25-30(23-36(46)44(54)55)33-14-7-9-17-38(33)49/h1-21,24-26,35-36H,22-23,45-46H2,(H,52,53)(H,54,55)/b21-19+. The molecule has 0 saturated carbocycles. The number of para-hydroxylation sites is 3. The summed E-state index contributed by atoms with van der Waals surface area (Å²) in [4.78, 5) is 37.4. The number of fused-ring (bicyclic) bond motifs is 3. The van der Waals surface area contributed by atoms with Crippen LogP contribution in [0.2, 0.25) is 0 Å². The fourth-order valence-electron chi connectivity index (χ4n) is 7.22. The fourth-order valence-corrected chi connectivity index (χ4v) is 7.22. The molecule has 11 heteroatoms. The second-order valence-corrected chi connectivity index (χ2v) is 13.4. The van der Waals surface area contributed by atoms with Crippen LogP contribution in [-0.4, -0.2) is 59.1 Å². The first kappa shape index (κ1) is 35.0. The van der Waals surface area contributed by atoms with Gasteiger partial charge in [0, 0.05) is 59.4 Å². The van der Waals surface area contributed by atoms with Gasteiger partial charge in [0.2, 0.25) is 0 Å². The zero-order valence-electron chi connectivity index (χ0n) is 29.5. The average Bonchev–Trinajstić information content (AvgIpc) is 3.91. The number of nitrogens with zero attached hydrogens (tertiary/aromatic N) is 4. The molecule has 5 aromatic carbocycles. The molecule has 11 nitrogen and oxygen atoms in total. The Hall–Kier alpha value is -7.08. The lowest BCUT2D eigenvalue weighted by atomic mass is 9.97. The number of nitrogens with two attached hydrogens (primary N) is 2. The molecule has 0 radical (unpaired) electrons. The van der Waals surface area contributed by atoms with E-state index in [4.69, 9.17) is 16.6 Å². The van der Waals surface area contributed by atoms with E-state index in [9.17, 15) is 24.6 Å². The van der Waals surface area contributed by atoms with Gasteiger partial charge in [-0.2, -0.15) is 5.10 Å². The van der Waals surface area contributed by atoms with Gasteiger partial charge in [-0.15, -0.1) is 0 Å². The summed E-state index contributed by atoms with van der Waals surface area (Å²) in [5, 5.41) is 27.8. The summed E-state index contributed by atoms with van der Waals surface area (Å²) in [6.07, 6.45) is 8.93. The van der Waals surface area contributed by atoms with Crippen molar-refractivity contribution in [1.82, 2.24) is 18.9 Å². The van der Waals surface area contributed by atoms with Crippen molar-refractivity contribution in [1.29, 1.82) is 0 Å².